The summed E-state index contributed by atoms with van der Waals surface area (Å²) in [6.07, 6.45) is 1.76. The van der Waals surface area contributed by atoms with Crippen LogP contribution in [0.5, 0.6) is 0 Å². The van der Waals surface area contributed by atoms with Crippen LogP contribution in [0, 0.1) is 17.7 Å². The maximum absolute atomic E-state index is 14.6. The topological polar surface area (TPSA) is 84.1 Å². The molecule has 3 aliphatic rings. The lowest BCUT2D eigenvalue weighted by Gasteiger charge is -2.24. The van der Waals surface area contributed by atoms with Crippen LogP contribution in [0.1, 0.15) is 19.8 Å². The molecule has 3 N–H and O–H groups in total. The summed E-state index contributed by atoms with van der Waals surface area (Å²) in [6, 6.07) is 3.16. The largest absolute Gasteiger partial charge is 0.368 e. The van der Waals surface area contributed by atoms with Crippen molar-refractivity contribution in [1.82, 2.24) is 9.55 Å². The summed E-state index contributed by atoms with van der Waals surface area (Å²) in [7, 11) is 0. The molecule has 2 aliphatic carbocycles. The molecule has 2 saturated carbocycles. The molecule has 1 aromatic heterocycles. The highest BCUT2D eigenvalue weighted by atomic mass is 19.1. The summed E-state index contributed by atoms with van der Waals surface area (Å²) < 4.78 is 16.2. The number of fused-ring (bicyclic) bond motifs is 2. The normalized spacial score (nSPS) is 29.8. The van der Waals surface area contributed by atoms with Crippen LogP contribution in [0.3, 0.4) is 0 Å². The van der Waals surface area contributed by atoms with Gasteiger partial charge in [-0.3, -0.25) is 14.3 Å². The molecule has 1 aromatic carbocycles. The first kappa shape index (κ1) is 14.2. The first-order valence-corrected chi connectivity index (χ1v) is 8.39. The van der Waals surface area contributed by atoms with Crippen molar-refractivity contribution in [2.24, 2.45) is 17.6 Å². The molecule has 0 spiro atoms. The van der Waals surface area contributed by atoms with E-state index in [9.17, 15) is 14.0 Å². The number of anilines is 1. The number of nitrogens with two attached hydrogens (primary N) is 1. The highest BCUT2D eigenvalue weighted by Crippen LogP contribution is 2.47. The van der Waals surface area contributed by atoms with Gasteiger partial charge in [-0.15, -0.1) is 0 Å². The Labute approximate surface area is 137 Å². The number of benzene rings is 1. The Balaban J connectivity index is 1.71. The lowest BCUT2D eigenvalue weighted by molar-refractivity contribution is 0.520. The number of aromatic nitrogens is 2. The summed E-state index contributed by atoms with van der Waals surface area (Å²) in [6.45, 7) is 3.46. The molecule has 0 bridgehead atoms. The van der Waals surface area contributed by atoms with Gasteiger partial charge in [-0.2, -0.15) is 0 Å². The van der Waals surface area contributed by atoms with Gasteiger partial charge in [0.2, 0.25) is 0 Å². The molecule has 7 heteroatoms. The molecule has 2 atom stereocenters. The molecule has 0 radical (unpaired) electrons. The minimum Gasteiger partial charge on any atom is -0.368 e. The number of nitrogens with zero attached hydrogens (tertiary/aromatic N) is 2. The average molecular weight is 330 g/mol. The van der Waals surface area contributed by atoms with Crippen molar-refractivity contribution in [3.63, 3.8) is 0 Å². The molecule has 1 saturated heterocycles. The Kier molecular flexibility index (Phi) is 2.53. The molecule has 5 rings (SSSR count). The molecule has 24 heavy (non-hydrogen) atoms. The van der Waals surface area contributed by atoms with Crippen molar-refractivity contribution >= 4 is 16.6 Å². The molecular formula is C17H19FN4O2. The Morgan fingerprint density at radius 3 is 2.54 bits per heavy atom. The lowest BCUT2D eigenvalue weighted by atomic mass is 10.1. The van der Waals surface area contributed by atoms with Gasteiger partial charge in [-0.1, -0.05) is 0 Å². The van der Waals surface area contributed by atoms with Gasteiger partial charge in [0, 0.05) is 24.7 Å². The fourth-order valence-corrected chi connectivity index (χ4v) is 4.20. The number of rotatable bonds is 2. The standard InChI is InChI=1S/C17H19FN4O2/c1-17(2-3-17)22-12-5-13(21-6-9-10(7-21)14(9)19)11(18)4-8(12)15(23)20-16(22)24/h4-5,9-10,14H,2-3,6-7,19H2,1H3,(H,20,23,24). The predicted molar refractivity (Wildman–Crippen MR) is 88.8 cm³/mol. The summed E-state index contributed by atoms with van der Waals surface area (Å²) in [5, 5.41) is 0.227. The van der Waals surface area contributed by atoms with E-state index in [2.05, 4.69) is 4.98 Å². The number of halogens is 1. The zero-order chi connectivity index (χ0) is 16.8. The highest BCUT2D eigenvalue weighted by molar-refractivity contribution is 5.83. The second-order valence-corrected chi connectivity index (χ2v) is 7.72. The van der Waals surface area contributed by atoms with E-state index in [0.29, 0.717) is 23.0 Å². The molecule has 6 nitrogen and oxygen atoms in total. The van der Waals surface area contributed by atoms with Crippen molar-refractivity contribution in [3.8, 4) is 0 Å². The van der Waals surface area contributed by atoms with Crippen LogP contribution < -0.4 is 21.9 Å². The van der Waals surface area contributed by atoms with Crippen molar-refractivity contribution in [1.29, 1.82) is 0 Å². The quantitative estimate of drug-likeness (QED) is 0.850. The first-order chi connectivity index (χ1) is 11.4. The Bertz CT molecular complexity index is 978. The Morgan fingerprint density at radius 1 is 1.25 bits per heavy atom. The van der Waals surface area contributed by atoms with Crippen LogP contribution in [0.2, 0.25) is 0 Å². The molecule has 2 aromatic rings. The first-order valence-electron chi connectivity index (χ1n) is 8.39. The van der Waals surface area contributed by atoms with Gasteiger partial charge in [0.15, 0.2) is 0 Å². The van der Waals surface area contributed by atoms with Gasteiger partial charge in [0.1, 0.15) is 5.82 Å². The maximum atomic E-state index is 14.6. The Hall–Kier alpha value is -2.15. The minimum absolute atomic E-state index is 0.227. The molecule has 126 valence electrons. The number of hydrogen-bond donors (Lipinski definition) is 2. The van der Waals surface area contributed by atoms with Crippen molar-refractivity contribution in [2.75, 3.05) is 18.0 Å². The third kappa shape index (κ3) is 1.79. The van der Waals surface area contributed by atoms with Crippen LogP contribution in [-0.4, -0.2) is 28.7 Å². The van der Waals surface area contributed by atoms with Crippen LogP contribution >= 0.6 is 0 Å². The van der Waals surface area contributed by atoms with Crippen LogP contribution in [-0.2, 0) is 5.54 Å². The molecule has 3 fully saturated rings. The van der Waals surface area contributed by atoms with E-state index in [-0.39, 0.29) is 17.0 Å². The van der Waals surface area contributed by atoms with Crippen molar-refractivity contribution in [2.45, 2.75) is 31.3 Å². The Morgan fingerprint density at radius 2 is 1.92 bits per heavy atom. The summed E-state index contributed by atoms with van der Waals surface area (Å²) in [4.78, 5) is 28.8. The second kappa shape index (κ2) is 4.27. The number of H-pyrrole nitrogens is 1. The van der Waals surface area contributed by atoms with Gasteiger partial charge in [-0.25, -0.2) is 9.18 Å². The van der Waals surface area contributed by atoms with Gasteiger partial charge >= 0.3 is 5.69 Å². The molecule has 2 heterocycles. The van der Waals surface area contributed by atoms with E-state index < -0.39 is 17.1 Å². The third-order valence-electron chi connectivity index (χ3n) is 6.09. The summed E-state index contributed by atoms with van der Waals surface area (Å²) >= 11 is 0. The van der Waals surface area contributed by atoms with Gasteiger partial charge in [0.05, 0.1) is 16.6 Å². The number of nitrogens with one attached hydrogen (secondary N) is 1. The average Bonchev–Trinajstić information content (AvgIpc) is 3.33. The van der Waals surface area contributed by atoms with Crippen LogP contribution in [0.4, 0.5) is 10.1 Å². The fraction of sp³-hybridized carbons (Fsp3) is 0.529. The number of piperidine rings is 1. The van der Waals surface area contributed by atoms with Gasteiger partial charge < -0.3 is 10.6 Å². The zero-order valence-corrected chi connectivity index (χ0v) is 13.4. The van der Waals surface area contributed by atoms with E-state index >= 15 is 0 Å². The zero-order valence-electron chi connectivity index (χ0n) is 13.4. The number of aromatic amines is 1. The smallest absolute Gasteiger partial charge is 0.329 e. The molecule has 1 aliphatic heterocycles. The van der Waals surface area contributed by atoms with E-state index in [1.54, 1.807) is 10.6 Å². The van der Waals surface area contributed by atoms with E-state index in [1.165, 1.54) is 6.07 Å². The van der Waals surface area contributed by atoms with E-state index in [0.717, 1.165) is 25.9 Å². The van der Waals surface area contributed by atoms with Crippen LogP contribution in [0.15, 0.2) is 21.7 Å². The minimum atomic E-state index is -0.535. The van der Waals surface area contributed by atoms with Gasteiger partial charge in [0.25, 0.3) is 5.56 Å². The second-order valence-electron chi connectivity index (χ2n) is 7.72. The maximum Gasteiger partial charge on any atom is 0.329 e. The highest BCUT2D eigenvalue weighted by Gasteiger charge is 2.54. The SMILES string of the molecule is CC1(n2c(=O)[nH]c(=O)c3cc(F)c(N4CC5C(N)C5C4)cc32)CC1. The van der Waals surface area contributed by atoms with Crippen molar-refractivity contribution < 1.29 is 4.39 Å². The molecule has 0 amide bonds. The van der Waals surface area contributed by atoms with Gasteiger partial charge in [-0.05, 0) is 43.7 Å². The number of hydrogen-bond acceptors (Lipinski definition) is 4. The predicted octanol–water partition coefficient (Wildman–Crippen LogP) is 0.731. The fourth-order valence-electron chi connectivity index (χ4n) is 4.20. The summed E-state index contributed by atoms with van der Waals surface area (Å²) in [5.41, 5.74) is 5.70. The van der Waals surface area contributed by atoms with Crippen molar-refractivity contribution in [3.05, 3.63) is 38.8 Å². The monoisotopic (exact) mass is 330 g/mol. The molecule has 2 unspecified atom stereocenters. The third-order valence-corrected chi connectivity index (χ3v) is 6.09. The van der Waals surface area contributed by atoms with E-state index in [1.807, 2.05) is 11.8 Å². The summed E-state index contributed by atoms with van der Waals surface area (Å²) in [5.74, 6) is 0.443. The van der Waals surface area contributed by atoms with Crippen LogP contribution in [0.25, 0.3) is 10.9 Å². The lowest BCUT2D eigenvalue weighted by Crippen LogP contribution is -2.36. The molecular weight excluding hydrogens is 311 g/mol. The van der Waals surface area contributed by atoms with E-state index in [4.69, 9.17) is 5.73 Å².